The van der Waals surface area contributed by atoms with E-state index >= 15 is 0 Å². The fraction of sp³-hybridized carbons (Fsp3) is 0. The molecule has 0 fully saturated rings. The smallest absolute Gasteiger partial charge is 0.0746 e. The Bertz CT molecular complexity index is 3350. The molecule has 0 N–H and O–H groups in total. The van der Waals surface area contributed by atoms with Crippen LogP contribution in [0.2, 0.25) is 0 Å². The van der Waals surface area contributed by atoms with Gasteiger partial charge in [-0.25, -0.2) is 19.9 Å². The highest BCUT2D eigenvalue weighted by molar-refractivity contribution is 7.41. The first-order valence-corrected chi connectivity index (χ1v) is 23.9. The first-order chi connectivity index (χ1) is 28.1. The van der Waals surface area contributed by atoms with Gasteiger partial charge in [0.2, 0.25) is 0 Å². The molecule has 9 aromatic heterocycles. The number of nitrogens with zero attached hydrogens (tertiary/aromatic N) is 4. The van der Waals surface area contributed by atoms with Gasteiger partial charge in [0, 0.05) is 67.2 Å². The summed E-state index contributed by atoms with van der Waals surface area (Å²) in [5.41, 5.74) is 7.52. The van der Waals surface area contributed by atoms with Crippen molar-refractivity contribution in [2.24, 2.45) is 0 Å². The summed E-state index contributed by atoms with van der Waals surface area (Å²) in [6.45, 7) is 0. The Morgan fingerprint density at radius 1 is 0.263 bits per heavy atom. The van der Waals surface area contributed by atoms with Crippen molar-refractivity contribution in [2.45, 2.75) is 0 Å². The Morgan fingerprint density at radius 2 is 0.579 bits per heavy atom. The van der Waals surface area contributed by atoms with Gasteiger partial charge in [-0.05, 0) is 134 Å². The predicted molar refractivity (Wildman–Crippen MR) is 258 cm³/mol. The van der Waals surface area contributed by atoms with Crippen molar-refractivity contribution in [1.29, 1.82) is 0 Å². The second-order valence-electron chi connectivity index (χ2n) is 13.9. The van der Waals surface area contributed by atoms with Gasteiger partial charge in [0.05, 0.1) is 55.0 Å². The van der Waals surface area contributed by atoms with Crippen molar-refractivity contribution in [3.8, 4) is 0 Å². The van der Waals surface area contributed by atoms with Crippen LogP contribution < -0.4 is 0 Å². The van der Waals surface area contributed by atoms with Crippen LogP contribution in [0.5, 0.6) is 0 Å². The molecule has 57 heavy (non-hydrogen) atoms. The van der Waals surface area contributed by atoms with E-state index in [0.717, 1.165) is 56.3 Å². The molecular formula is C46H22N4S7. The zero-order chi connectivity index (χ0) is 37.2. The molecule has 13 rings (SSSR count). The van der Waals surface area contributed by atoms with Gasteiger partial charge in [0.15, 0.2) is 0 Å². The number of thiophene rings is 7. The Hall–Kier alpha value is -5.24. The van der Waals surface area contributed by atoms with E-state index in [2.05, 4.69) is 134 Å². The Balaban J connectivity index is 1.22. The highest BCUT2D eigenvalue weighted by Crippen LogP contribution is 2.47. The standard InChI is InChI=1S/C46H22N4S7/c1-9-31-43-32-10-2-24(48-32)18-28-7-15-37(53-28)38-16-8-30(54-38)20-26-4-12-34(50-26)44(40-22-42-46(57-40)45-41(55-42)21-39(43)56-45)33-11-3-25(49-33)19-29-6-14-36(52-29)35-13-5-27(51-35)17-23(1)47-31/h1-22H. The van der Waals surface area contributed by atoms with Gasteiger partial charge >= 0.3 is 0 Å². The molecule has 22 bridgehead atoms. The van der Waals surface area contributed by atoms with Crippen LogP contribution in [-0.2, 0) is 0 Å². The van der Waals surface area contributed by atoms with E-state index in [4.69, 9.17) is 19.9 Å². The van der Waals surface area contributed by atoms with E-state index in [9.17, 15) is 0 Å². The lowest BCUT2D eigenvalue weighted by molar-refractivity contribution is 1.31. The molecule has 9 aromatic rings. The monoisotopic (exact) mass is 854 g/mol. The van der Waals surface area contributed by atoms with Crippen molar-refractivity contribution in [3.05, 3.63) is 130 Å². The van der Waals surface area contributed by atoms with Gasteiger partial charge in [-0.1, -0.05) is 0 Å². The lowest BCUT2D eigenvalue weighted by Crippen LogP contribution is -1.81. The molecule has 4 aliphatic heterocycles. The molecule has 0 amide bonds. The largest absolute Gasteiger partial charge is 0.248 e. The third-order valence-corrected chi connectivity index (χ3v) is 18.5. The lowest BCUT2D eigenvalue weighted by atomic mass is 10.2. The summed E-state index contributed by atoms with van der Waals surface area (Å²) in [7, 11) is 0. The molecule has 0 radical (unpaired) electrons. The SMILES string of the molecule is C1=Cc2nc1cc1ccc(s1)c1ccc(cc3nc(c4c5nc(cc6ccc(s6)c6ccc(cc7nc(c2c2cc8sc9cc4sc9c8s2)C=C7)s6)C=C5)C=C3)s1. The van der Waals surface area contributed by atoms with Crippen LogP contribution in [0.4, 0.5) is 0 Å². The second kappa shape index (κ2) is 12.6. The summed E-state index contributed by atoms with van der Waals surface area (Å²) >= 11 is 12.7. The molecule has 0 unspecified atom stereocenters. The van der Waals surface area contributed by atoms with Crippen LogP contribution >= 0.6 is 79.4 Å². The minimum absolute atomic E-state index is 0.935. The zero-order valence-electron chi connectivity index (χ0n) is 29.3. The highest BCUT2D eigenvalue weighted by Gasteiger charge is 2.18. The number of fused-ring (bicyclic) bond motifs is 22. The van der Waals surface area contributed by atoms with E-state index in [0.29, 0.717) is 0 Å². The summed E-state index contributed by atoms with van der Waals surface area (Å²) in [5.74, 6) is 0. The van der Waals surface area contributed by atoms with E-state index in [1.54, 1.807) is 45.3 Å². The zero-order valence-corrected chi connectivity index (χ0v) is 35.1. The molecule has 0 atom stereocenters. The maximum atomic E-state index is 5.25. The van der Waals surface area contributed by atoms with Gasteiger partial charge in [-0.3, -0.25) is 0 Å². The number of hydrogen-bond acceptors (Lipinski definition) is 11. The minimum Gasteiger partial charge on any atom is -0.248 e. The van der Waals surface area contributed by atoms with Crippen LogP contribution in [0.25, 0.3) is 125 Å². The summed E-state index contributed by atoms with van der Waals surface area (Å²) < 4.78 is 17.2. The fourth-order valence-electron chi connectivity index (χ4n) is 7.57. The van der Waals surface area contributed by atoms with Crippen molar-refractivity contribution < 1.29 is 0 Å². The van der Waals surface area contributed by atoms with Crippen molar-refractivity contribution >= 4 is 205 Å². The number of hydrogen-bond donors (Lipinski definition) is 0. The topological polar surface area (TPSA) is 51.6 Å². The molecule has 13 heterocycles. The van der Waals surface area contributed by atoms with Crippen LogP contribution in [-0.4, -0.2) is 19.9 Å². The van der Waals surface area contributed by atoms with Gasteiger partial charge in [0.25, 0.3) is 0 Å². The first kappa shape index (κ1) is 32.8. The molecule has 0 saturated heterocycles. The van der Waals surface area contributed by atoms with Gasteiger partial charge < -0.3 is 0 Å². The lowest BCUT2D eigenvalue weighted by Gasteiger charge is -1.94. The third kappa shape index (κ3) is 5.60. The van der Waals surface area contributed by atoms with Gasteiger partial charge in [-0.2, -0.15) is 0 Å². The number of aromatic nitrogens is 4. The second-order valence-corrected chi connectivity index (χ2v) is 21.5. The van der Waals surface area contributed by atoms with E-state index in [1.807, 2.05) is 34.0 Å². The predicted octanol–water partition coefficient (Wildman–Crippen LogP) is 15.9. The molecule has 268 valence electrons. The van der Waals surface area contributed by atoms with Crippen molar-refractivity contribution in [3.63, 3.8) is 0 Å². The molecule has 4 aliphatic rings. The van der Waals surface area contributed by atoms with E-state index in [-0.39, 0.29) is 0 Å². The average Bonchev–Trinajstić information content (AvgIpc) is 4.01. The maximum Gasteiger partial charge on any atom is 0.0746 e. The fourth-order valence-corrected chi connectivity index (χ4v) is 15.7. The Kier molecular flexibility index (Phi) is 7.27. The van der Waals surface area contributed by atoms with E-state index < -0.39 is 0 Å². The van der Waals surface area contributed by atoms with Crippen LogP contribution in [0.3, 0.4) is 0 Å². The Morgan fingerprint density at radius 3 is 0.895 bits per heavy atom. The summed E-state index contributed by atoms with van der Waals surface area (Å²) in [5, 5.41) is 2.13. The van der Waals surface area contributed by atoms with Crippen LogP contribution in [0, 0.1) is 0 Å². The molecule has 4 nitrogen and oxygen atoms in total. The molecule has 0 saturated carbocycles. The van der Waals surface area contributed by atoms with E-state index in [1.165, 1.54) is 65.8 Å². The van der Waals surface area contributed by atoms with Gasteiger partial charge in [0.1, 0.15) is 0 Å². The minimum atomic E-state index is 0.935. The summed E-state index contributed by atoms with van der Waals surface area (Å²) in [4.78, 5) is 21.0. The maximum absolute atomic E-state index is 5.25. The number of rotatable bonds is 0. The normalized spacial score (nSPS) is 13.3. The molecular weight excluding hydrogens is 833 g/mol. The first-order valence-electron chi connectivity index (χ1n) is 18.1. The van der Waals surface area contributed by atoms with Crippen LogP contribution in [0.1, 0.15) is 45.6 Å². The molecule has 0 spiro atoms. The van der Waals surface area contributed by atoms with Crippen molar-refractivity contribution in [1.82, 2.24) is 19.9 Å². The molecule has 11 heteroatoms. The molecule has 0 aliphatic carbocycles. The highest BCUT2D eigenvalue weighted by atomic mass is 32.1. The quantitative estimate of drug-likeness (QED) is 0.152. The average molecular weight is 855 g/mol. The molecule has 0 aromatic carbocycles. The summed E-state index contributed by atoms with van der Waals surface area (Å²) in [6.07, 6.45) is 17.2. The summed E-state index contributed by atoms with van der Waals surface area (Å²) in [6, 6.07) is 31.1. The third-order valence-electron chi connectivity index (χ3n) is 10.1. The van der Waals surface area contributed by atoms with Crippen molar-refractivity contribution in [2.75, 3.05) is 0 Å². The van der Waals surface area contributed by atoms with Gasteiger partial charge in [-0.15, -0.1) is 79.4 Å². The Labute approximate surface area is 352 Å². The van der Waals surface area contributed by atoms with Crippen LogP contribution in [0.15, 0.2) is 84.9 Å².